The lowest BCUT2D eigenvalue weighted by Crippen LogP contribution is -2.48. The monoisotopic (exact) mass is 576 g/mol. The van der Waals surface area contributed by atoms with Gasteiger partial charge in [-0.25, -0.2) is 0 Å². The first kappa shape index (κ1) is 27.5. The molecule has 216 valence electrons. The van der Waals surface area contributed by atoms with Crippen molar-refractivity contribution in [3.63, 3.8) is 0 Å². The highest BCUT2D eigenvalue weighted by Gasteiger charge is 2.29. The van der Waals surface area contributed by atoms with E-state index in [2.05, 4.69) is 114 Å². The van der Waals surface area contributed by atoms with Crippen LogP contribution in [0.2, 0.25) is 0 Å². The Morgan fingerprint density at radius 1 is 0.500 bits per heavy atom. The average molecular weight is 577 g/mol. The van der Waals surface area contributed by atoms with E-state index in [9.17, 15) is 0 Å². The molecule has 6 aromatic carbocycles. The first-order valence-electron chi connectivity index (χ1n) is 14.7. The van der Waals surface area contributed by atoms with Gasteiger partial charge in [0, 0.05) is 33.4 Å². The van der Waals surface area contributed by atoms with Crippen molar-refractivity contribution in [1.82, 2.24) is 0 Å². The summed E-state index contributed by atoms with van der Waals surface area (Å²) in [6, 6.07) is 40.2. The van der Waals surface area contributed by atoms with Crippen molar-refractivity contribution in [2.75, 3.05) is 31.8 Å². The van der Waals surface area contributed by atoms with Gasteiger partial charge in [-0.1, -0.05) is 78.4 Å². The molecule has 0 aliphatic carbocycles. The first-order valence-corrected chi connectivity index (χ1v) is 14.7. The van der Waals surface area contributed by atoms with Gasteiger partial charge in [-0.3, -0.25) is 0 Å². The summed E-state index contributed by atoms with van der Waals surface area (Å²) < 4.78 is 17.6. The molecule has 0 aromatic heterocycles. The predicted octanol–water partition coefficient (Wildman–Crippen LogP) is 8.41. The Bertz CT molecular complexity index is 1960. The van der Waals surface area contributed by atoms with Crippen LogP contribution in [0, 0.1) is 6.92 Å². The number of aryl methyl sites for hydroxylation is 1. The van der Waals surface area contributed by atoms with Gasteiger partial charge in [-0.2, -0.15) is 0 Å². The summed E-state index contributed by atoms with van der Waals surface area (Å²) in [5.74, 6) is 2.40. The highest BCUT2D eigenvalue weighted by atomic mass is 16.5. The quantitative estimate of drug-likeness (QED) is 0.187. The molecular weight excluding hydrogens is 543 g/mol. The Morgan fingerprint density at radius 3 is 1.59 bits per heavy atom. The third kappa shape index (κ3) is 4.88. The van der Waals surface area contributed by atoms with Crippen LogP contribution in [-0.4, -0.2) is 28.3 Å². The standard InChI is InChI=1S/C38H33BN2O3/c1-24-11-13-25(14-12-24)27-15-18-35(42-2)30(21-27)28-16-19-36(43-3)31(22-28)29-17-20-37(44-4)32(23-29)39-40-33-9-5-7-26-8-6-10-34(41-39)38(26)33/h5-23,40-41H,1-4H3. The molecule has 0 unspecified atom stereocenters. The van der Waals surface area contributed by atoms with Crippen molar-refractivity contribution in [2.45, 2.75) is 6.92 Å². The minimum Gasteiger partial charge on any atom is -0.497 e. The maximum Gasteiger partial charge on any atom is 0.409 e. The van der Waals surface area contributed by atoms with Crippen molar-refractivity contribution in [2.24, 2.45) is 0 Å². The van der Waals surface area contributed by atoms with E-state index in [-0.39, 0.29) is 6.98 Å². The fraction of sp³-hybridized carbons (Fsp3) is 0.105. The van der Waals surface area contributed by atoms with E-state index in [1.54, 1.807) is 21.3 Å². The van der Waals surface area contributed by atoms with E-state index >= 15 is 0 Å². The number of rotatable bonds is 7. The molecule has 6 aromatic rings. The van der Waals surface area contributed by atoms with Crippen molar-refractivity contribution in [3.05, 3.63) is 121 Å². The fourth-order valence-corrected chi connectivity index (χ4v) is 6.17. The maximum absolute atomic E-state index is 5.88. The summed E-state index contributed by atoms with van der Waals surface area (Å²) in [5.41, 5.74) is 10.8. The van der Waals surface area contributed by atoms with Gasteiger partial charge in [0.15, 0.2) is 0 Å². The summed E-state index contributed by atoms with van der Waals surface area (Å²) in [4.78, 5) is 0. The number of hydrogen-bond donors (Lipinski definition) is 2. The number of benzene rings is 6. The number of ether oxygens (including phenoxy) is 3. The van der Waals surface area contributed by atoms with Crippen LogP contribution >= 0.6 is 0 Å². The van der Waals surface area contributed by atoms with Crippen LogP contribution in [-0.2, 0) is 0 Å². The lowest BCUT2D eigenvalue weighted by molar-refractivity contribution is 0.415. The molecule has 7 rings (SSSR count). The predicted molar refractivity (Wildman–Crippen MR) is 184 cm³/mol. The highest BCUT2D eigenvalue weighted by Crippen LogP contribution is 2.40. The smallest absolute Gasteiger partial charge is 0.409 e. The van der Waals surface area contributed by atoms with Gasteiger partial charge in [-0.05, 0) is 77.0 Å². The van der Waals surface area contributed by atoms with Gasteiger partial charge in [0.05, 0.1) is 21.3 Å². The van der Waals surface area contributed by atoms with Gasteiger partial charge in [-0.15, -0.1) is 0 Å². The van der Waals surface area contributed by atoms with E-state index in [4.69, 9.17) is 14.2 Å². The number of nitrogens with one attached hydrogen (secondary N) is 2. The maximum atomic E-state index is 5.88. The average Bonchev–Trinajstić information content (AvgIpc) is 3.08. The molecule has 6 heteroatoms. The SMILES string of the molecule is COc1ccc(-c2cc(-c3cc(-c4ccc(C)cc4)ccc3OC)ccc2OC)cc1B1Nc2cccc3cccc(c23)N1. The molecule has 0 saturated carbocycles. The third-order valence-electron chi connectivity index (χ3n) is 8.45. The summed E-state index contributed by atoms with van der Waals surface area (Å²) in [5, 5.41) is 9.79. The summed E-state index contributed by atoms with van der Waals surface area (Å²) in [6.07, 6.45) is 0. The Labute approximate surface area is 258 Å². The molecule has 0 atom stereocenters. The second kappa shape index (κ2) is 11.4. The van der Waals surface area contributed by atoms with Crippen molar-refractivity contribution in [1.29, 1.82) is 0 Å². The molecule has 0 saturated heterocycles. The van der Waals surface area contributed by atoms with Gasteiger partial charge >= 0.3 is 6.98 Å². The molecule has 44 heavy (non-hydrogen) atoms. The van der Waals surface area contributed by atoms with E-state index in [1.807, 2.05) is 18.2 Å². The Kier molecular flexibility index (Phi) is 7.11. The molecular formula is C38H33BN2O3. The van der Waals surface area contributed by atoms with Crippen molar-refractivity contribution < 1.29 is 14.2 Å². The molecule has 2 N–H and O–H groups in total. The van der Waals surface area contributed by atoms with Crippen LogP contribution in [0.1, 0.15) is 5.56 Å². The first-order chi connectivity index (χ1) is 21.6. The van der Waals surface area contributed by atoms with E-state index in [0.717, 1.165) is 67.5 Å². The van der Waals surface area contributed by atoms with Crippen molar-refractivity contribution >= 4 is 34.6 Å². The largest absolute Gasteiger partial charge is 0.497 e. The normalized spacial score (nSPS) is 12.0. The second-order valence-corrected chi connectivity index (χ2v) is 11.1. The zero-order chi connectivity index (χ0) is 30.2. The molecule has 5 nitrogen and oxygen atoms in total. The zero-order valence-electron chi connectivity index (χ0n) is 25.3. The molecule has 0 fully saturated rings. The molecule has 0 amide bonds. The second-order valence-electron chi connectivity index (χ2n) is 11.1. The van der Waals surface area contributed by atoms with Crippen LogP contribution in [0.5, 0.6) is 17.2 Å². The summed E-state index contributed by atoms with van der Waals surface area (Å²) >= 11 is 0. The molecule has 1 aliphatic rings. The third-order valence-corrected chi connectivity index (χ3v) is 8.45. The van der Waals surface area contributed by atoms with Gasteiger partial charge in [0.2, 0.25) is 0 Å². The van der Waals surface area contributed by atoms with Gasteiger partial charge < -0.3 is 24.7 Å². The minimum absolute atomic E-state index is 0.189. The van der Waals surface area contributed by atoms with Crippen LogP contribution in [0.4, 0.5) is 11.4 Å². The summed E-state index contributed by atoms with van der Waals surface area (Å²) in [7, 11) is 5.14. The lowest BCUT2D eigenvalue weighted by atomic mass is 9.65. The van der Waals surface area contributed by atoms with Gasteiger partial charge in [0.25, 0.3) is 0 Å². The van der Waals surface area contributed by atoms with E-state index < -0.39 is 0 Å². The number of anilines is 2. The Morgan fingerprint density at radius 2 is 1.00 bits per heavy atom. The van der Waals surface area contributed by atoms with Crippen LogP contribution in [0.25, 0.3) is 44.2 Å². The minimum atomic E-state index is -0.189. The van der Waals surface area contributed by atoms with Crippen LogP contribution < -0.4 is 30.1 Å². The molecule has 1 heterocycles. The number of hydrogen-bond acceptors (Lipinski definition) is 5. The van der Waals surface area contributed by atoms with Crippen molar-refractivity contribution in [3.8, 4) is 50.6 Å². The molecule has 1 aliphatic heterocycles. The van der Waals surface area contributed by atoms with Gasteiger partial charge in [0.1, 0.15) is 17.2 Å². The van der Waals surface area contributed by atoms with Crippen LogP contribution in [0.15, 0.2) is 115 Å². The topological polar surface area (TPSA) is 51.8 Å². The lowest BCUT2D eigenvalue weighted by Gasteiger charge is -2.28. The molecule has 0 radical (unpaired) electrons. The Hall–Kier alpha value is -5.36. The van der Waals surface area contributed by atoms with E-state index in [0.29, 0.717) is 0 Å². The zero-order valence-corrected chi connectivity index (χ0v) is 25.3. The fourth-order valence-electron chi connectivity index (χ4n) is 6.17. The highest BCUT2D eigenvalue weighted by molar-refractivity contribution is 6.81. The van der Waals surface area contributed by atoms with Crippen LogP contribution in [0.3, 0.4) is 0 Å². The molecule has 0 spiro atoms. The molecule has 0 bridgehead atoms. The Balaban J connectivity index is 1.31. The summed E-state index contributed by atoms with van der Waals surface area (Å²) in [6.45, 7) is 1.91. The van der Waals surface area contributed by atoms with E-state index in [1.165, 1.54) is 16.3 Å². The number of methoxy groups -OCH3 is 3.